The smallest absolute Gasteiger partial charge is 0.272 e. The summed E-state index contributed by atoms with van der Waals surface area (Å²) in [5.74, 6) is 0.185. The van der Waals surface area contributed by atoms with Crippen LogP contribution in [-0.4, -0.2) is 80.2 Å². The minimum Gasteiger partial charge on any atom is -0.481 e. The van der Waals surface area contributed by atoms with Gasteiger partial charge in [0.2, 0.25) is 11.8 Å². The molecule has 1 saturated carbocycles. The van der Waals surface area contributed by atoms with E-state index < -0.39 is 5.82 Å². The Kier molecular flexibility index (Phi) is 6.40. The van der Waals surface area contributed by atoms with Gasteiger partial charge < -0.3 is 19.9 Å². The van der Waals surface area contributed by atoms with Crippen molar-refractivity contribution in [1.29, 1.82) is 0 Å². The third-order valence-electron chi connectivity index (χ3n) is 8.13. The summed E-state index contributed by atoms with van der Waals surface area (Å²) in [5, 5.41) is 10.2. The zero-order chi connectivity index (χ0) is 27.1. The van der Waals surface area contributed by atoms with Crippen LogP contribution in [0.3, 0.4) is 0 Å². The summed E-state index contributed by atoms with van der Waals surface area (Å²) < 4.78 is 19.4. The van der Waals surface area contributed by atoms with Gasteiger partial charge in [-0.25, -0.2) is 19.3 Å². The first-order valence-corrected chi connectivity index (χ1v) is 13.3. The summed E-state index contributed by atoms with van der Waals surface area (Å²) in [5.41, 5.74) is 1.45. The van der Waals surface area contributed by atoms with Gasteiger partial charge in [0.25, 0.3) is 5.91 Å². The zero-order valence-corrected chi connectivity index (χ0v) is 22.0. The van der Waals surface area contributed by atoms with Crippen LogP contribution in [0, 0.1) is 18.7 Å². The topological polar surface area (TPSA) is 129 Å². The van der Waals surface area contributed by atoms with Crippen LogP contribution in [0.5, 0.6) is 5.88 Å². The summed E-state index contributed by atoms with van der Waals surface area (Å²) >= 11 is 0. The maximum Gasteiger partial charge on any atom is 0.272 e. The SMILES string of the molecule is COc1cc(-c2cc(C(=O)N3CCC(C(=O)NC4CCN(c5cnc(C)nc5)C4)CC34CC4)[nH]n2)c(F)cn1. The maximum absolute atomic E-state index is 14.4. The summed E-state index contributed by atoms with van der Waals surface area (Å²) in [4.78, 5) is 43.1. The predicted octanol–water partition coefficient (Wildman–Crippen LogP) is 2.50. The number of ether oxygens (including phenoxy) is 1. The fourth-order valence-corrected chi connectivity index (χ4v) is 5.77. The van der Waals surface area contributed by atoms with Crippen molar-refractivity contribution in [3.63, 3.8) is 0 Å². The van der Waals surface area contributed by atoms with Crippen LogP contribution in [0.2, 0.25) is 0 Å². The molecule has 39 heavy (non-hydrogen) atoms. The van der Waals surface area contributed by atoms with Gasteiger partial charge >= 0.3 is 0 Å². The van der Waals surface area contributed by atoms with Crippen LogP contribution in [0.15, 0.2) is 30.7 Å². The van der Waals surface area contributed by atoms with E-state index in [0.717, 1.165) is 50.1 Å². The van der Waals surface area contributed by atoms with Gasteiger partial charge in [0.1, 0.15) is 11.5 Å². The van der Waals surface area contributed by atoms with E-state index in [-0.39, 0.29) is 40.8 Å². The number of methoxy groups -OCH3 is 1. The number of aryl methyl sites for hydroxylation is 1. The molecule has 3 fully saturated rings. The highest BCUT2D eigenvalue weighted by atomic mass is 19.1. The van der Waals surface area contributed by atoms with Crippen molar-refractivity contribution < 1.29 is 18.7 Å². The number of aromatic amines is 1. The van der Waals surface area contributed by atoms with E-state index in [4.69, 9.17) is 4.74 Å². The molecule has 2 saturated heterocycles. The molecule has 0 aromatic carbocycles. The van der Waals surface area contributed by atoms with Gasteiger partial charge in [-0.3, -0.25) is 14.7 Å². The van der Waals surface area contributed by atoms with Crippen molar-refractivity contribution in [2.75, 3.05) is 31.6 Å². The molecule has 2 amide bonds. The van der Waals surface area contributed by atoms with Crippen LogP contribution in [0.4, 0.5) is 10.1 Å². The van der Waals surface area contributed by atoms with Gasteiger partial charge in [-0.2, -0.15) is 5.10 Å². The highest BCUT2D eigenvalue weighted by molar-refractivity contribution is 5.94. The van der Waals surface area contributed by atoms with Crippen molar-refractivity contribution in [2.45, 2.75) is 50.6 Å². The molecule has 2 unspecified atom stereocenters. The molecular weight excluding hydrogens is 503 g/mol. The molecule has 1 spiro atoms. The largest absolute Gasteiger partial charge is 0.481 e. The molecule has 0 bridgehead atoms. The Morgan fingerprint density at radius 3 is 2.67 bits per heavy atom. The summed E-state index contributed by atoms with van der Waals surface area (Å²) in [6.07, 6.45) is 8.55. The number of hydrogen-bond acceptors (Lipinski definition) is 8. The van der Waals surface area contributed by atoms with Gasteiger partial charge in [0.15, 0.2) is 5.82 Å². The van der Waals surface area contributed by atoms with Gasteiger partial charge in [0.05, 0.1) is 37.1 Å². The minimum atomic E-state index is -0.552. The number of nitrogens with zero attached hydrogens (tertiary/aromatic N) is 6. The summed E-state index contributed by atoms with van der Waals surface area (Å²) in [6.45, 7) is 3.92. The molecule has 6 rings (SSSR count). The van der Waals surface area contributed by atoms with Gasteiger partial charge in [-0.1, -0.05) is 0 Å². The molecule has 0 radical (unpaired) electrons. The second kappa shape index (κ2) is 9.90. The van der Waals surface area contributed by atoms with Crippen LogP contribution in [0.25, 0.3) is 11.3 Å². The molecule has 11 nitrogen and oxygen atoms in total. The first-order valence-electron chi connectivity index (χ1n) is 13.3. The number of rotatable bonds is 6. The Balaban J connectivity index is 1.08. The van der Waals surface area contributed by atoms with Crippen LogP contribution in [0.1, 0.15) is 48.4 Å². The molecule has 3 aromatic heterocycles. The van der Waals surface area contributed by atoms with Gasteiger partial charge in [-0.15, -0.1) is 0 Å². The van der Waals surface area contributed by atoms with Crippen molar-refractivity contribution in [3.8, 4) is 17.1 Å². The lowest BCUT2D eigenvalue weighted by molar-refractivity contribution is -0.127. The second-order valence-corrected chi connectivity index (χ2v) is 10.7. The van der Waals surface area contributed by atoms with E-state index in [0.29, 0.717) is 30.8 Å². The number of carbonyl (C=O) groups excluding carboxylic acids is 2. The summed E-state index contributed by atoms with van der Waals surface area (Å²) in [7, 11) is 1.45. The number of halogens is 1. The van der Waals surface area contributed by atoms with Crippen molar-refractivity contribution >= 4 is 17.5 Å². The number of anilines is 1. The second-order valence-electron chi connectivity index (χ2n) is 10.7. The van der Waals surface area contributed by atoms with E-state index >= 15 is 0 Å². The van der Waals surface area contributed by atoms with Crippen molar-refractivity contribution in [1.82, 2.24) is 35.4 Å². The van der Waals surface area contributed by atoms with Gasteiger partial charge in [0, 0.05) is 48.8 Å². The Bertz CT molecular complexity index is 1390. The van der Waals surface area contributed by atoms with Crippen molar-refractivity contribution in [2.24, 2.45) is 5.92 Å². The number of amides is 2. The lowest BCUT2D eigenvalue weighted by Crippen LogP contribution is -2.52. The van der Waals surface area contributed by atoms with Gasteiger partial charge in [-0.05, 0) is 45.1 Å². The number of H-pyrrole nitrogens is 1. The Hall–Kier alpha value is -4.09. The highest BCUT2D eigenvalue weighted by Gasteiger charge is 2.54. The molecule has 3 aliphatic rings. The lowest BCUT2D eigenvalue weighted by Gasteiger charge is -2.39. The standard InChI is InChI=1S/C27H31FN8O3/c1-16-29-12-19(13-30-16)35-7-4-18(15-35)32-25(37)17-3-8-36(27(11-17)5-6-27)26(38)23-10-22(33-34-23)20-9-24(39-2)31-14-21(20)28/h9-10,12-14,17-18H,3-8,11,15H2,1-2H3,(H,32,37)(H,33,34). The molecule has 204 valence electrons. The van der Waals surface area contributed by atoms with E-state index in [1.807, 2.05) is 24.2 Å². The highest BCUT2D eigenvalue weighted by Crippen LogP contribution is 2.50. The van der Waals surface area contributed by atoms with Crippen LogP contribution >= 0.6 is 0 Å². The zero-order valence-electron chi connectivity index (χ0n) is 22.0. The Morgan fingerprint density at radius 2 is 1.92 bits per heavy atom. The fourth-order valence-electron chi connectivity index (χ4n) is 5.77. The number of aromatic nitrogens is 5. The molecule has 3 aromatic rings. The number of nitrogens with one attached hydrogen (secondary N) is 2. The van der Waals surface area contributed by atoms with E-state index in [9.17, 15) is 14.0 Å². The third-order valence-corrected chi connectivity index (χ3v) is 8.13. The molecule has 2 N–H and O–H groups in total. The molecule has 2 atom stereocenters. The van der Waals surface area contributed by atoms with E-state index in [1.165, 1.54) is 13.2 Å². The Morgan fingerprint density at radius 1 is 1.13 bits per heavy atom. The summed E-state index contributed by atoms with van der Waals surface area (Å²) in [6, 6.07) is 3.08. The van der Waals surface area contributed by atoms with Crippen LogP contribution < -0.4 is 15.0 Å². The quantitative estimate of drug-likeness (QED) is 0.494. The number of carbonyl (C=O) groups is 2. The predicted molar refractivity (Wildman–Crippen MR) is 140 cm³/mol. The minimum absolute atomic E-state index is 0.0614. The normalized spacial score (nSPS) is 21.7. The van der Waals surface area contributed by atoms with E-state index in [2.05, 4.69) is 35.4 Å². The van der Waals surface area contributed by atoms with Crippen molar-refractivity contribution in [3.05, 3.63) is 48.1 Å². The first kappa shape index (κ1) is 25.2. The molecule has 5 heterocycles. The molecule has 2 aliphatic heterocycles. The third kappa shape index (κ3) is 4.90. The monoisotopic (exact) mass is 534 g/mol. The number of hydrogen-bond donors (Lipinski definition) is 2. The lowest BCUT2D eigenvalue weighted by atomic mass is 9.87. The number of piperidine rings is 1. The molecular formula is C27H31FN8O3. The maximum atomic E-state index is 14.4. The first-order chi connectivity index (χ1) is 18.8. The average molecular weight is 535 g/mol. The average Bonchev–Trinajstić information content (AvgIpc) is 3.32. The molecule has 1 aliphatic carbocycles. The van der Waals surface area contributed by atoms with E-state index in [1.54, 1.807) is 6.07 Å². The Labute approximate surface area is 225 Å². The fraction of sp³-hybridized carbons (Fsp3) is 0.481. The van der Waals surface area contributed by atoms with Crippen LogP contribution in [-0.2, 0) is 4.79 Å². The molecule has 12 heteroatoms. The number of likely N-dealkylation sites (tertiary alicyclic amines) is 1. The number of pyridine rings is 1.